The van der Waals surface area contributed by atoms with E-state index >= 15 is 0 Å². The number of nitrogens with zero attached hydrogens (tertiary/aromatic N) is 5. The molecule has 0 spiro atoms. The van der Waals surface area contributed by atoms with E-state index in [0.717, 1.165) is 50.1 Å². The van der Waals surface area contributed by atoms with E-state index in [4.69, 9.17) is 4.98 Å². The Balaban J connectivity index is 1.42. The molecule has 6 heteroatoms. The highest BCUT2D eigenvalue weighted by Gasteiger charge is 2.15. The molecule has 3 aromatic heterocycles. The van der Waals surface area contributed by atoms with Gasteiger partial charge in [-0.15, -0.1) is 0 Å². The number of para-hydroxylation sites is 1. The summed E-state index contributed by atoms with van der Waals surface area (Å²) < 4.78 is 1.93. The normalized spacial score (nSPS) is 12.2. The molecule has 0 saturated heterocycles. The number of rotatable bonds is 5. The van der Waals surface area contributed by atoms with Crippen LogP contribution in [0.15, 0.2) is 85.3 Å². The van der Waals surface area contributed by atoms with Crippen LogP contribution in [0.3, 0.4) is 0 Å². The van der Waals surface area contributed by atoms with Crippen molar-refractivity contribution in [1.29, 1.82) is 0 Å². The first-order chi connectivity index (χ1) is 18.0. The third-order valence-electron chi connectivity index (χ3n) is 7.00. The van der Waals surface area contributed by atoms with Gasteiger partial charge in [0.05, 0.1) is 29.3 Å². The fraction of sp³-hybridized carbons (Fsp3) is 0.161. The highest BCUT2D eigenvalue weighted by Crippen LogP contribution is 2.34. The van der Waals surface area contributed by atoms with Crippen LogP contribution >= 0.6 is 0 Å². The van der Waals surface area contributed by atoms with Gasteiger partial charge in [0.1, 0.15) is 0 Å². The molecule has 0 aliphatic rings. The largest absolute Gasteiger partial charge is 0.378 e. The minimum Gasteiger partial charge on any atom is -0.378 e. The van der Waals surface area contributed by atoms with Crippen LogP contribution in [0.4, 0.5) is 5.69 Å². The Kier molecular flexibility index (Phi) is 5.64. The van der Waals surface area contributed by atoms with Gasteiger partial charge in [0.2, 0.25) is 0 Å². The molecule has 6 nitrogen and oxygen atoms in total. The van der Waals surface area contributed by atoms with E-state index in [2.05, 4.69) is 89.1 Å². The molecule has 3 heterocycles. The standard InChI is InChI=1S/C31H28N6/c1-19-13-24-17-32-30(22-9-10-31-27(15-22)21(3)36-37(31)4)16-28(24)26(14-19)20(2)35-29-8-6-5-7-25(29)23-11-12-33-34-18-23/h5-18,20,35H,1-4H3/t20-/m1/s1. The number of anilines is 1. The molecule has 0 aliphatic carbocycles. The first-order valence-electron chi connectivity index (χ1n) is 12.4. The zero-order chi connectivity index (χ0) is 25.5. The van der Waals surface area contributed by atoms with E-state index in [-0.39, 0.29) is 6.04 Å². The summed E-state index contributed by atoms with van der Waals surface area (Å²) in [6.07, 6.45) is 5.51. The minimum absolute atomic E-state index is 0.0663. The molecule has 182 valence electrons. The van der Waals surface area contributed by atoms with Crippen molar-refractivity contribution < 1.29 is 0 Å². The molecular weight excluding hydrogens is 456 g/mol. The lowest BCUT2D eigenvalue weighted by Crippen LogP contribution is -2.09. The third-order valence-corrected chi connectivity index (χ3v) is 7.00. The van der Waals surface area contributed by atoms with Crippen molar-refractivity contribution in [3.8, 4) is 22.4 Å². The van der Waals surface area contributed by atoms with Crippen molar-refractivity contribution in [1.82, 2.24) is 25.0 Å². The third kappa shape index (κ3) is 4.20. The Hall–Kier alpha value is -4.58. The van der Waals surface area contributed by atoms with Gasteiger partial charge in [-0.2, -0.15) is 15.3 Å². The Morgan fingerprint density at radius 3 is 2.54 bits per heavy atom. The summed E-state index contributed by atoms with van der Waals surface area (Å²) in [6, 6.07) is 23.5. The summed E-state index contributed by atoms with van der Waals surface area (Å²) in [5.41, 5.74) is 9.84. The van der Waals surface area contributed by atoms with E-state index in [1.54, 1.807) is 12.4 Å². The van der Waals surface area contributed by atoms with Gasteiger partial charge in [-0.1, -0.05) is 35.9 Å². The highest BCUT2D eigenvalue weighted by molar-refractivity contribution is 5.92. The number of fused-ring (bicyclic) bond motifs is 2. The topological polar surface area (TPSA) is 68.5 Å². The van der Waals surface area contributed by atoms with E-state index < -0.39 is 0 Å². The molecule has 0 aliphatic heterocycles. The van der Waals surface area contributed by atoms with Crippen LogP contribution < -0.4 is 5.32 Å². The van der Waals surface area contributed by atoms with Crippen LogP contribution in [0, 0.1) is 13.8 Å². The number of hydrogen-bond acceptors (Lipinski definition) is 5. The van der Waals surface area contributed by atoms with Crippen LogP contribution in [0.5, 0.6) is 0 Å². The van der Waals surface area contributed by atoms with E-state index in [1.807, 2.05) is 37.0 Å². The molecule has 0 radical (unpaired) electrons. The zero-order valence-corrected chi connectivity index (χ0v) is 21.4. The molecule has 3 aromatic carbocycles. The summed E-state index contributed by atoms with van der Waals surface area (Å²) in [4.78, 5) is 4.84. The molecule has 0 amide bonds. The summed E-state index contributed by atoms with van der Waals surface area (Å²) in [7, 11) is 1.98. The van der Waals surface area contributed by atoms with Gasteiger partial charge in [-0.3, -0.25) is 9.67 Å². The first-order valence-corrected chi connectivity index (χ1v) is 12.4. The lowest BCUT2D eigenvalue weighted by molar-refractivity contribution is 0.783. The van der Waals surface area contributed by atoms with Crippen LogP contribution in [0.25, 0.3) is 44.1 Å². The average Bonchev–Trinajstić information content (AvgIpc) is 3.21. The minimum atomic E-state index is 0.0663. The number of nitrogens with one attached hydrogen (secondary N) is 1. The van der Waals surface area contributed by atoms with Crippen molar-refractivity contribution >= 4 is 27.4 Å². The fourth-order valence-electron chi connectivity index (χ4n) is 5.18. The molecule has 1 atom stereocenters. The SMILES string of the molecule is Cc1cc([C@@H](C)Nc2ccccc2-c2ccnnc2)c2cc(-c3ccc4c(c3)c(C)nn4C)ncc2c1. The zero-order valence-electron chi connectivity index (χ0n) is 21.4. The van der Waals surface area contributed by atoms with Crippen LogP contribution in [-0.4, -0.2) is 25.0 Å². The van der Waals surface area contributed by atoms with Crippen molar-refractivity contribution in [3.05, 3.63) is 102 Å². The molecule has 6 rings (SSSR count). The number of benzene rings is 3. The van der Waals surface area contributed by atoms with Crippen molar-refractivity contribution in [3.63, 3.8) is 0 Å². The quantitative estimate of drug-likeness (QED) is 0.284. The van der Waals surface area contributed by atoms with E-state index in [0.29, 0.717) is 0 Å². The number of aryl methyl sites for hydroxylation is 3. The summed E-state index contributed by atoms with van der Waals surface area (Å²) in [5.74, 6) is 0. The van der Waals surface area contributed by atoms with Gasteiger partial charge >= 0.3 is 0 Å². The second kappa shape index (κ2) is 9.13. The Bertz CT molecular complexity index is 1750. The molecule has 0 fully saturated rings. The molecule has 0 saturated carbocycles. The number of aromatic nitrogens is 5. The van der Waals surface area contributed by atoms with Crippen molar-refractivity contribution in [2.75, 3.05) is 5.32 Å². The maximum atomic E-state index is 4.84. The second-order valence-corrected chi connectivity index (χ2v) is 9.63. The van der Waals surface area contributed by atoms with Gasteiger partial charge in [-0.25, -0.2) is 0 Å². The van der Waals surface area contributed by atoms with Crippen molar-refractivity contribution in [2.24, 2.45) is 7.05 Å². The molecular formula is C31H28N6. The fourth-order valence-corrected chi connectivity index (χ4v) is 5.18. The molecule has 6 aromatic rings. The van der Waals surface area contributed by atoms with Gasteiger partial charge in [0, 0.05) is 52.4 Å². The van der Waals surface area contributed by atoms with Crippen LogP contribution in [-0.2, 0) is 7.05 Å². The predicted molar refractivity (Wildman–Crippen MR) is 150 cm³/mol. The van der Waals surface area contributed by atoms with Gasteiger partial charge in [0.25, 0.3) is 0 Å². The van der Waals surface area contributed by atoms with Gasteiger partial charge < -0.3 is 5.32 Å². The number of hydrogen-bond donors (Lipinski definition) is 1. The molecule has 0 bridgehead atoms. The van der Waals surface area contributed by atoms with Crippen molar-refractivity contribution in [2.45, 2.75) is 26.8 Å². The maximum Gasteiger partial charge on any atom is 0.0708 e. The smallest absolute Gasteiger partial charge is 0.0708 e. The Morgan fingerprint density at radius 2 is 1.70 bits per heavy atom. The lowest BCUT2D eigenvalue weighted by Gasteiger charge is -2.21. The van der Waals surface area contributed by atoms with Gasteiger partial charge in [-0.05, 0) is 68.1 Å². The molecule has 0 unspecified atom stereocenters. The molecule has 37 heavy (non-hydrogen) atoms. The second-order valence-electron chi connectivity index (χ2n) is 9.63. The number of pyridine rings is 1. The Labute approximate surface area is 216 Å². The molecule has 1 N–H and O–H groups in total. The monoisotopic (exact) mass is 484 g/mol. The first kappa shape index (κ1) is 22.9. The summed E-state index contributed by atoms with van der Waals surface area (Å²) in [6.45, 7) is 6.40. The highest BCUT2D eigenvalue weighted by atomic mass is 15.3. The van der Waals surface area contributed by atoms with E-state index in [9.17, 15) is 0 Å². The lowest BCUT2D eigenvalue weighted by atomic mass is 9.95. The summed E-state index contributed by atoms with van der Waals surface area (Å²) in [5, 5.41) is 19.8. The summed E-state index contributed by atoms with van der Waals surface area (Å²) >= 11 is 0. The van der Waals surface area contributed by atoms with Gasteiger partial charge in [0.15, 0.2) is 0 Å². The van der Waals surface area contributed by atoms with Crippen LogP contribution in [0.2, 0.25) is 0 Å². The van der Waals surface area contributed by atoms with E-state index in [1.165, 1.54) is 16.5 Å². The van der Waals surface area contributed by atoms with Crippen LogP contribution in [0.1, 0.15) is 29.8 Å². The maximum absolute atomic E-state index is 4.84. The Morgan fingerprint density at radius 1 is 0.838 bits per heavy atom. The predicted octanol–water partition coefficient (Wildman–Crippen LogP) is 7.04. The average molecular weight is 485 g/mol.